The van der Waals surface area contributed by atoms with Gasteiger partial charge in [0.2, 0.25) is 0 Å². The molecule has 0 radical (unpaired) electrons. The fourth-order valence-electron chi connectivity index (χ4n) is 1.84. The number of aliphatic imine (C=N–C) groups is 1. The van der Waals surface area contributed by atoms with Crippen LogP contribution in [0, 0.1) is 5.92 Å². The molecular formula is C17H29N5O. The predicted octanol–water partition coefficient (Wildman–Crippen LogP) is 2.67. The van der Waals surface area contributed by atoms with Crippen LogP contribution >= 0.6 is 0 Å². The monoisotopic (exact) mass is 319 g/mol. The largest absolute Gasteiger partial charge is 0.370 e. The quantitative estimate of drug-likeness (QED) is 0.460. The van der Waals surface area contributed by atoms with Gasteiger partial charge in [0.1, 0.15) is 0 Å². The first-order valence-electron chi connectivity index (χ1n) is 8.07. The van der Waals surface area contributed by atoms with Crippen molar-refractivity contribution in [2.45, 2.75) is 46.7 Å². The Kier molecular flexibility index (Phi) is 7.94. The highest BCUT2D eigenvalue weighted by atomic mass is 16.2. The van der Waals surface area contributed by atoms with Crippen molar-refractivity contribution in [2.24, 2.45) is 16.6 Å². The lowest BCUT2D eigenvalue weighted by atomic mass is 10.1. The van der Waals surface area contributed by atoms with E-state index in [1.807, 2.05) is 38.1 Å². The third kappa shape index (κ3) is 8.70. The fraction of sp³-hybridized carbons (Fsp3) is 0.529. The Labute approximate surface area is 138 Å². The van der Waals surface area contributed by atoms with E-state index in [2.05, 4.69) is 34.8 Å². The molecule has 0 aliphatic rings. The zero-order valence-corrected chi connectivity index (χ0v) is 14.5. The first-order valence-corrected chi connectivity index (χ1v) is 8.07. The lowest BCUT2D eigenvalue weighted by Gasteiger charge is -2.10. The maximum absolute atomic E-state index is 11.6. The van der Waals surface area contributed by atoms with E-state index in [-0.39, 0.29) is 12.1 Å². The Morgan fingerprint density at radius 2 is 1.83 bits per heavy atom. The van der Waals surface area contributed by atoms with Crippen LogP contribution in [0.5, 0.6) is 0 Å². The Morgan fingerprint density at radius 3 is 2.39 bits per heavy atom. The minimum absolute atomic E-state index is 0.106. The van der Waals surface area contributed by atoms with Gasteiger partial charge >= 0.3 is 6.03 Å². The molecule has 0 saturated carbocycles. The van der Waals surface area contributed by atoms with E-state index in [1.54, 1.807) is 0 Å². The molecule has 0 saturated heterocycles. The zero-order valence-electron chi connectivity index (χ0n) is 14.5. The summed E-state index contributed by atoms with van der Waals surface area (Å²) >= 11 is 0. The molecule has 5 N–H and O–H groups in total. The van der Waals surface area contributed by atoms with Gasteiger partial charge < -0.3 is 21.7 Å². The molecule has 0 aliphatic carbocycles. The standard InChI is InChI=1S/C17H29N5O/c1-12(2)9-10-19-16(18)20-11-14-5-7-15(8-6-14)22-17(23)21-13(3)4/h5-8,12-13H,9-11H2,1-4H3,(H3,18,19,20)(H2,21,22,23). The summed E-state index contributed by atoms with van der Waals surface area (Å²) in [6.45, 7) is 9.53. The molecule has 6 heteroatoms. The SMILES string of the molecule is CC(C)CCNC(N)=NCc1ccc(NC(=O)NC(C)C)cc1. The minimum atomic E-state index is -0.204. The average molecular weight is 319 g/mol. The smallest absolute Gasteiger partial charge is 0.319 e. The van der Waals surface area contributed by atoms with Crippen molar-refractivity contribution in [1.29, 1.82) is 0 Å². The number of carbonyl (C=O) groups is 1. The van der Waals surface area contributed by atoms with Gasteiger partial charge in [-0.25, -0.2) is 9.79 Å². The highest BCUT2D eigenvalue weighted by molar-refractivity contribution is 5.89. The van der Waals surface area contributed by atoms with Crippen molar-refractivity contribution in [3.63, 3.8) is 0 Å². The highest BCUT2D eigenvalue weighted by Gasteiger charge is 2.03. The number of hydrogen-bond donors (Lipinski definition) is 4. The van der Waals surface area contributed by atoms with Crippen LogP contribution < -0.4 is 21.7 Å². The molecular weight excluding hydrogens is 290 g/mol. The van der Waals surface area contributed by atoms with E-state index in [9.17, 15) is 4.79 Å². The number of anilines is 1. The molecule has 0 spiro atoms. The van der Waals surface area contributed by atoms with Crippen LogP contribution in [-0.2, 0) is 6.54 Å². The van der Waals surface area contributed by atoms with Crippen LogP contribution in [0.25, 0.3) is 0 Å². The van der Waals surface area contributed by atoms with E-state index >= 15 is 0 Å². The number of nitrogens with zero attached hydrogens (tertiary/aromatic N) is 1. The van der Waals surface area contributed by atoms with Gasteiger partial charge in [-0.1, -0.05) is 26.0 Å². The molecule has 1 aromatic rings. The molecule has 1 aromatic carbocycles. The summed E-state index contributed by atoms with van der Waals surface area (Å²) in [5.41, 5.74) is 7.61. The van der Waals surface area contributed by atoms with E-state index in [0.29, 0.717) is 18.4 Å². The molecule has 0 unspecified atom stereocenters. The Balaban J connectivity index is 2.43. The van der Waals surface area contributed by atoms with E-state index in [0.717, 1.165) is 24.2 Å². The van der Waals surface area contributed by atoms with Crippen molar-refractivity contribution >= 4 is 17.7 Å². The first-order chi connectivity index (χ1) is 10.9. The fourth-order valence-corrected chi connectivity index (χ4v) is 1.84. The summed E-state index contributed by atoms with van der Waals surface area (Å²) in [5, 5.41) is 8.66. The van der Waals surface area contributed by atoms with Gasteiger partial charge in [-0.15, -0.1) is 0 Å². The zero-order chi connectivity index (χ0) is 17.2. The van der Waals surface area contributed by atoms with Crippen LogP contribution in [0.2, 0.25) is 0 Å². The van der Waals surface area contributed by atoms with E-state index in [1.165, 1.54) is 0 Å². The minimum Gasteiger partial charge on any atom is -0.370 e. The molecule has 128 valence electrons. The van der Waals surface area contributed by atoms with Crippen molar-refractivity contribution in [3.8, 4) is 0 Å². The van der Waals surface area contributed by atoms with Crippen LogP contribution in [0.3, 0.4) is 0 Å². The third-order valence-electron chi connectivity index (χ3n) is 3.09. The van der Waals surface area contributed by atoms with Gasteiger partial charge in [0.05, 0.1) is 6.54 Å². The molecule has 1 rings (SSSR count). The normalized spacial score (nSPS) is 11.7. The maximum atomic E-state index is 11.6. The number of nitrogens with one attached hydrogen (secondary N) is 3. The Morgan fingerprint density at radius 1 is 1.17 bits per heavy atom. The molecule has 0 atom stereocenters. The second-order valence-corrected chi connectivity index (χ2v) is 6.26. The molecule has 0 aromatic heterocycles. The summed E-state index contributed by atoms with van der Waals surface area (Å²) in [6.07, 6.45) is 1.06. The number of nitrogens with two attached hydrogens (primary N) is 1. The number of hydrogen-bond acceptors (Lipinski definition) is 2. The summed E-state index contributed by atoms with van der Waals surface area (Å²) in [6, 6.07) is 7.46. The predicted molar refractivity (Wildman–Crippen MR) is 96.5 cm³/mol. The number of carbonyl (C=O) groups excluding carboxylic acids is 1. The van der Waals surface area contributed by atoms with Crippen molar-refractivity contribution in [3.05, 3.63) is 29.8 Å². The van der Waals surface area contributed by atoms with Crippen molar-refractivity contribution in [1.82, 2.24) is 10.6 Å². The molecule has 0 fully saturated rings. The van der Waals surface area contributed by atoms with Gasteiger partial charge in [0.15, 0.2) is 5.96 Å². The van der Waals surface area contributed by atoms with Crippen LogP contribution in [0.4, 0.5) is 10.5 Å². The molecule has 0 heterocycles. The maximum Gasteiger partial charge on any atom is 0.319 e. The van der Waals surface area contributed by atoms with Crippen molar-refractivity contribution in [2.75, 3.05) is 11.9 Å². The number of urea groups is 1. The molecule has 0 bridgehead atoms. The molecule has 23 heavy (non-hydrogen) atoms. The van der Waals surface area contributed by atoms with E-state index in [4.69, 9.17) is 5.73 Å². The van der Waals surface area contributed by atoms with Crippen LogP contribution in [-0.4, -0.2) is 24.6 Å². The average Bonchev–Trinajstić information content (AvgIpc) is 2.45. The first kappa shape index (κ1) is 18.8. The summed E-state index contributed by atoms with van der Waals surface area (Å²) in [5.74, 6) is 1.10. The van der Waals surface area contributed by atoms with Gasteiger partial charge in [0.25, 0.3) is 0 Å². The number of rotatable bonds is 7. The molecule has 0 aliphatic heterocycles. The van der Waals surface area contributed by atoms with Gasteiger partial charge in [0, 0.05) is 18.3 Å². The Bertz CT molecular complexity index is 508. The summed E-state index contributed by atoms with van der Waals surface area (Å²) in [7, 11) is 0. The van der Waals surface area contributed by atoms with Crippen LogP contribution in [0.1, 0.15) is 39.7 Å². The number of benzene rings is 1. The van der Waals surface area contributed by atoms with Gasteiger partial charge in [-0.3, -0.25) is 0 Å². The van der Waals surface area contributed by atoms with Crippen LogP contribution in [0.15, 0.2) is 29.3 Å². The summed E-state index contributed by atoms with van der Waals surface area (Å²) in [4.78, 5) is 15.9. The molecule has 2 amide bonds. The molecule has 6 nitrogen and oxygen atoms in total. The highest BCUT2D eigenvalue weighted by Crippen LogP contribution is 2.10. The topological polar surface area (TPSA) is 91.5 Å². The second kappa shape index (κ2) is 9.71. The third-order valence-corrected chi connectivity index (χ3v) is 3.09. The van der Waals surface area contributed by atoms with Crippen molar-refractivity contribution < 1.29 is 4.79 Å². The van der Waals surface area contributed by atoms with Gasteiger partial charge in [-0.05, 0) is 43.9 Å². The lowest BCUT2D eigenvalue weighted by molar-refractivity contribution is 0.250. The second-order valence-electron chi connectivity index (χ2n) is 6.26. The number of amides is 2. The summed E-state index contributed by atoms with van der Waals surface area (Å²) < 4.78 is 0. The van der Waals surface area contributed by atoms with E-state index < -0.39 is 0 Å². The number of guanidine groups is 1. The Hall–Kier alpha value is -2.24. The van der Waals surface area contributed by atoms with Gasteiger partial charge in [-0.2, -0.15) is 0 Å². The lowest BCUT2D eigenvalue weighted by Crippen LogP contribution is -2.34.